The van der Waals surface area contributed by atoms with Crippen LogP contribution in [0.25, 0.3) is 0 Å². The molecule has 1 aliphatic rings. The second kappa shape index (κ2) is 6.54. The van der Waals surface area contributed by atoms with Gasteiger partial charge in [0.05, 0.1) is 12.3 Å². The lowest BCUT2D eigenvalue weighted by molar-refractivity contribution is -0.0389. The van der Waals surface area contributed by atoms with Gasteiger partial charge in [-0.3, -0.25) is 9.88 Å². The zero-order valence-electron chi connectivity index (χ0n) is 13.4. The normalized spacial score (nSPS) is 19.7. The highest BCUT2D eigenvalue weighted by molar-refractivity contribution is 5.14. The van der Waals surface area contributed by atoms with Crippen LogP contribution in [0.2, 0.25) is 0 Å². The molecule has 0 radical (unpaired) electrons. The van der Waals surface area contributed by atoms with Gasteiger partial charge in [0, 0.05) is 32.4 Å². The van der Waals surface area contributed by atoms with Crippen LogP contribution in [-0.2, 0) is 18.3 Å². The van der Waals surface area contributed by atoms with Gasteiger partial charge in [0.15, 0.2) is 5.82 Å². The molecule has 0 saturated carbocycles. The summed E-state index contributed by atoms with van der Waals surface area (Å²) < 4.78 is 7.77. The molecule has 3 heterocycles. The maximum atomic E-state index is 5.85. The molecule has 0 aliphatic carbocycles. The summed E-state index contributed by atoms with van der Waals surface area (Å²) in [5.74, 6) is 1.34. The molecule has 6 heteroatoms. The minimum absolute atomic E-state index is 0.0190. The third kappa shape index (κ3) is 3.34. The lowest BCUT2D eigenvalue weighted by Crippen LogP contribution is -2.38. The first-order valence-electron chi connectivity index (χ1n) is 7.77. The number of rotatable bonds is 4. The van der Waals surface area contributed by atoms with E-state index in [0.29, 0.717) is 12.5 Å². The first-order chi connectivity index (χ1) is 10.6. The number of pyridine rings is 1. The number of aryl methyl sites for hydroxylation is 1. The molecular weight excluding hydrogens is 278 g/mol. The highest BCUT2D eigenvalue weighted by Crippen LogP contribution is 2.21. The van der Waals surface area contributed by atoms with Gasteiger partial charge in [-0.05, 0) is 18.1 Å². The van der Waals surface area contributed by atoms with Crippen molar-refractivity contribution in [1.82, 2.24) is 24.6 Å². The van der Waals surface area contributed by atoms with E-state index in [2.05, 4.69) is 47.1 Å². The molecule has 6 nitrogen and oxygen atoms in total. The molecular formula is C16H23N5O. The monoisotopic (exact) mass is 301 g/mol. The van der Waals surface area contributed by atoms with Crippen LogP contribution in [0.4, 0.5) is 0 Å². The van der Waals surface area contributed by atoms with Gasteiger partial charge in [-0.15, -0.1) is 10.2 Å². The molecule has 2 aromatic rings. The number of nitrogens with zero attached hydrogens (tertiary/aromatic N) is 5. The smallest absolute Gasteiger partial charge is 0.163 e. The topological polar surface area (TPSA) is 56.1 Å². The Morgan fingerprint density at radius 3 is 2.95 bits per heavy atom. The fourth-order valence-corrected chi connectivity index (χ4v) is 2.72. The molecule has 1 atom stereocenters. The SMILES string of the molecule is CC(C)c1cccc(CN2CCO[C@@H](c3nncn3C)C2)n1. The molecule has 0 unspecified atom stereocenters. The van der Waals surface area contributed by atoms with Gasteiger partial charge in [-0.2, -0.15) is 0 Å². The van der Waals surface area contributed by atoms with Crippen molar-refractivity contribution >= 4 is 0 Å². The Balaban J connectivity index is 1.68. The Morgan fingerprint density at radius 1 is 1.36 bits per heavy atom. The van der Waals surface area contributed by atoms with Gasteiger partial charge in [-0.1, -0.05) is 19.9 Å². The fourth-order valence-electron chi connectivity index (χ4n) is 2.72. The average Bonchev–Trinajstić information content (AvgIpc) is 2.94. The minimum atomic E-state index is -0.0190. The summed E-state index contributed by atoms with van der Waals surface area (Å²) in [6.07, 6.45) is 1.69. The zero-order chi connectivity index (χ0) is 15.5. The largest absolute Gasteiger partial charge is 0.368 e. The van der Waals surface area contributed by atoms with Gasteiger partial charge < -0.3 is 9.30 Å². The van der Waals surface area contributed by atoms with E-state index >= 15 is 0 Å². The van der Waals surface area contributed by atoms with Crippen LogP contribution in [0, 0.1) is 0 Å². The van der Waals surface area contributed by atoms with Crippen LogP contribution in [0.1, 0.15) is 43.1 Å². The van der Waals surface area contributed by atoms with Crippen LogP contribution in [0.5, 0.6) is 0 Å². The third-order valence-corrected chi connectivity index (χ3v) is 3.99. The zero-order valence-corrected chi connectivity index (χ0v) is 13.4. The van der Waals surface area contributed by atoms with E-state index in [4.69, 9.17) is 9.72 Å². The lowest BCUT2D eigenvalue weighted by atomic mass is 10.1. The molecule has 0 aromatic carbocycles. The van der Waals surface area contributed by atoms with Crippen LogP contribution in [0.15, 0.2) is 24.5 Å². The van der Waals surface area contributed by atoms with Crippen LogP contribution < -0.4 is 0 Å². The second-order valence-electron chi connectivity index (χ2n) is 6.10. The number of hydrogen-bond acceptors (Lipinski definition) is 5. The molecule has 0 spiro atoms. The summed E-state index contributed by atoms with van der Waals surface area (Å²) in [6, 6.07) is 6.28. The highest BCUT2D eigenvalue weighted by Gasteiger charge is 2.25. The fraction of sp³-hybridized carbons (Fsp3) is 0.562. The van der Waals surface area contributed by atoms with Gasteiger partial charge in [-0.25, -0.2) is 0 Å². The van der Waals surface area contributed by atoms with Crippen molar-refractivity contribution in [1.29, 1.82) is 0 Å². The summed E-state index contributed by atoms with van der Waals surface area (Å²) in [5, 5.41) is 8.10. The Bertz CT molecular complexity index is 625. The highest BCUT2D eigenvalue weighted by atomic mass is 16.5. The molecule has 1 saturated heterocycles. The van der Waals surface area contributed by atoms with Crippen molar-refractivity contribution in [2.24, 2.45) is 7.05 Å². The standard InChI is InChI=1S/C16H23N5O/c1-12(2)14-6-4-5-13(18-14)9-21-7-8-22-15(10-21)16-19-17-11-20(16)3/h4-6,11-12,15H,7-10H2,1-3H3/t15-/m1/s1. The molecule has 118 valence electrons. The predicted octanol–water partition coefficient (Wildman–Crippen LogP) is 1.91. The molecule has 0 N–H and O–H groups in total. The quantitative estimate of drug-likeness (QED) is 0.863. The van der Waals surface area contributed by atoms with Crippen LogP contribution >= 0.6 is 0 Å². The molecule has 0 bridgehead atoms. The van der Waals surface area contributed by atoms with Crippen molar-refractivity contribution < 1.29 is 4.74 Å². The van der Waals surface area contributed by atoms with Crippen molar-refractivity contribution in [3.05, 3.63) is 41.7 Å². The van der Waals surface area contributed by atoms with Crippen molar-refractivity contribution in [3.8, 4) is 0 Å². The van der Waals surface area contributed by atoms with E-state index in [9.17, 15) is 0 Å². The average molecular weight is 301 g/mol. The van der Waals surface area contributed by atoms with Crippen LogP contribution in [0.3, 0.4) is 0 Å². The summed E-state index contributed by atoms with van der Waals surface area (Å²) in [6.45, 7) is 7.64. The van der Waals surface area contributed by atoms with Crippen molar-refractivity contribution in [2.75, 3.05) is 19.7 Å². The number of morpholine rings is 1. The lowest BCUT2D eigenvalue weighted by Gasteiger charge is -2.32. The Hall–Kier alpha value is -1.79. The maximum absolute atomic E-state index is 5.85. The first kappa shape index (κ1) is 15.1. The second-order valence-corrected chi connectivity index (χ2v) is 6.10. The summed E-state index contributed by atoms with van der Waals surface area (Å²) in [4.78, 5) is 7.13. The number of hydrogen-bond donors (Lipinski definition) is 0. The summed E-state index contributed by atoms with van der Waals surface area (Å²) in [5.41, 5.74) is 2.26. The Labute approximate surface area is 131 Å². The minimum Gasteiger partial charge on any atom is -0.368 e. The third-order valence-electron chi connectivity index (χ3n) is 3.99. The first-order valence-corrected chi connectivity index (χ1v) is 7.77. The van der Waals surface area contributed by atoms with E-state index in [1.807, 2.05) is 11.6 Å². The van der Waals surface area contributed by atoms with Gasteiger partial charge in [0.2, 0.25) is 0 Å². The van der Waals surface area contributed by atoms with Crippen molar-refractivity contribution in [2.45, 2.75) is 32.4 Å². The maximum Gasteiger partial charge on any atom is 0.163 e. The van der Waals surface area contributed by atoms with E-state index in [-0.39, 0.29) is 6.10 Å². The van der Waals surface area contributed by atoms with Crippen LogP contribution in [-0.4, -0.2) is 44.3 Å². The molecule has 1 fully saturated rings. The Kier molecular flexibility index (Phi) is 4.49. The number of ether oxygens (including phenoxy) is 1. The molecule has 3 rings (SSSR count). The van der Waals surface area contributed by atoms with E-state index in [0.717, 1.165) is 36.8 Å². The molecule has 2 aromatic heterocycles. The summed E-state index contributed by atoms with van der Waals surface area (Å²) >= 11 is 0. The number of aromatic nitrogens is 4. The van der Waals surface area contributed by atoms with Crippen molar-refractivity contribution in [3.63, 3.8) is 0 Å². The molecule has 0 amide bonds. The summed E-state index contributed by atoms with van der Waals surface area (Å²) in [7, 11) is 1.95. The van der Waals surface area contributed by atoms with E-state index in [1.165, 1.54) is 0 Å². The molecule has 1 aliphatic heterocycles. The van der Waals surface area contributed by atoms with E-state index < -0.39 is 0 Å². The predicted molar refractivity (Wildman–Crippen MR) is 83.3 cm³/mol. The van der Waals surface area contributed by atoms with Gasteiger partial charge in [0.1, 0.15) is 12.4 Å². The Morgan fingerprint density at radius 2 is 2.23 bits per heavy atom. The molecule has 22 heavy (non-hydrogen) atoms. The van der Waals surface area contributed by atoms with Gasteiger partial charge >= 0.3 is 0 Å². The van der Waals surface area contributed by atoms with E-state index in [1.54, 1.807) is 6.33 Å². The van der Waals surface area contributed by atoms with Gasteiger partial charge in [0.25, 0.3) is 0 Å².